The lowest BCUT2D eigenvalue weighted by atomic mass is 10.0. The van der Waals surface area contributed by atoms with Gasteiger partial charge in [0.1, 0.15) is 11.5 Å². The summed E-state index contributed by atoms with van der Waals surface area (Å²) in [5.41, 5.74) is 9.64. The van der Waals surface area contributed by atoms with Crippen molar-refractivity contribution in [3.8, 4) is 11.3 Å². The molecule has 1 aliphatic rings. The molecule has 0 bridgehead atoms. The highest BCUT2D eigenvalue weighted by Gasteiger charge is 2.32. The van der Waals surface area contributed by atoms with Crippen molar-refractivity contribution in [1.82, 2.24) is 9.97 Å². The summed E-state index contributed by atoms with van der Waals surface area (Å²) in [6, 6.07) is 12.8. The van der Waals surface area contributed by atoms with Gasteiger partial charge in [-0.2, -0.15) is 13.2 Å². The molecule has 0 radical (unpaired) electrons. The van der Waals surface area contributed by atoms with E-state index in [4.69, 9.17) is 11.1 Å². The number of rotatable bonds is 4. The first-order chi connectivity index (χ1) is 13.8. The maximum Gasteiger partial charge on any atom is 0.433 e. The average molecular weight is 397 g/mol. The molecule has 1 aliphatic carbocycles. The van der Waals surface area contributed by atoms with Gasteiger partial charge in [0.25, 0.3) is 0 Å². The number of nitrogens with zero attached hydrogens (tertiary/aromatic N) is 2. The molecule has 4 N–H and O–H groups in total. The zero-order chi connectivity index (χ0) is 20.6. The van der Waals surface area contributed by atoms with Gasteiger partial charge in [0.05, 0.1) is 11.4 Å². The van der Waals surface area contributed by atoms with Crippen LogP contribution in [-0.2, 0) is 12.6 Å². The highest BCUT2D eigenvalue weighted by molar-refractivity contribution is 5.89. The van der Waals surface area contributed by atoms with E-state index in [0.29, 0.717) is 11.3 Å². The summed E-state index contributed by atoms with van der Waals surface area (Å²) in [6.45, 7) is 0. The molecule has 2 heterocycles. The van der Waals surface area contributed by atoms with Gasteiger partial charge in [0.2, 0.25) is 0 Å². The molecular formula is C21H18F3N5. The van der Waals surface area contributed by atoms with Crippen LogP contribution in [0.25, 0.3) is 11.3 Å². The summed E-state index contributed by atoms with van der Waals surface area (Å²) in [4.78, 5) is 8.31. The molecule has 1 unspecified atom stereocenters. The quantitative estimate of drug-likeness (QED) is 0.549. The molecule has 5 nitrogen and oxygen atoms in total. The smallest absolute Gasteiger partial charge is 0.340 e. The number of aryl methyl sites for hydroxylation is 1. The van der Waals surface area contributed by atoms with E-state index in [1.807, 2.05) is 18.2 Å². The molecule has 8 heteroatoms. The van der Waals surface area contributed by atoms with Gasteiger partial charge >= 0.3 is 6.18 Å². The molecular weight excluding hydrogens is 379 g/mol. The van der Waals surface area contributed by atoms with E-state index in [1.165, 1.54) is 12.1 Å². The van der Waals surface area contributed by atoms with Crippen molar-refractivity contribution < 1.29 is 13.2 Å². The van der Waals surface area contributed by atoms with Crippen molar-refractivity contribution in [2.24, 2.45) is 5.73 Å². The van der Waals surface area contributed by atoms with Crippen LogP contribution in [0.15, 0.2) is 48.5 Å². The number of pyridine rings is 2. The highest BCUT2D eigenvalue weighted by atomic mass is 19.4. The van der Waals surface area contributed by atoms with E-state index >= 15 is 0 Å². The minimum Gasteiger partial charge on any atom is -0.340 e. The first-order valence-electron chi connectivity index (χ1n) is 9.07. The van der Waals surface area contributed by atoms with E-state index in [2.05, 4.69) is 15.3 Å². The van der Waals surface area contributed by atoms with Crippen LogP contribution in [0.5, 0.6) is 0 Å². The lowest BCUT2D eigenvalue weighted by Crippen LogP contribution is -2.09. The van der Waals surface area contributed by atoms with Crippen LogP contribution >= 0.6 is 0 Å². The monoisotopic (exact) mass is 397 g/mol. The molecule has 4 rings (SSSR count). The summed E-state index contributed by atoms with van der Waals surface area (Å²) in [5, 5.41) is 10.5. The fourth-order valence-electron chi connectivity index (χ4n) is 3.39. The van der Waals surface area contributed by atoms with Gasteiger partial charge in [0, 0.05) is 29.1 Å². The largest absolute Gasteiger partial charge is 0.433 e. The van der Waals surface area contributed by atoms with Crippen LogP contribution in [-0.4, -0.2) is 16.2 Å². The van der Waals surface area contributed by atoms with Gasteiger partial charge in [0.15, 0.2) is 0 Å². The molecule has 1 atom stereocenters. The van der Waals surface area contributed by atoms with Crippen LogP contribution in [0.2, 0.25) is 0 Å². The normalized spacial score (nSPS) is 15.8. The number of hydrogen-bond acceptors (Lipinski definition) is 5. The minimum absolute atomic E-state index is 0.0454. The third-order valence-electron chi connectivity index (χ3n) is 4.90. The van der Waals surface area contributed by atoms with Gasteiger partial charge in [-0.1, -0.05) is 24.3 Å². The van der Waals surface area contributed by atoms with Crippen molar-refractivity contribution in [3.05, 3.63) is 71.0 Å². The molecule has 29 heavy (non-hydrogen) atoms. The highest BCUT2D eigenvalue weighted by Crippen LogP contribution is 2.33. The van der Waals surface area contributed by atoms with E-state index < -0.39 is 11.9 Å². The second-order valence-electron chi connectivity index (χ2n) is 6.86. The topological polar surface area (TPSA) is 87.7 Å². The number of fused-ring (bicyclic) bond motifs is 1. The predicted molar refractivity (Wildman–Crippen MR) is 105 cm³/mol. The molecule has 0 saturated heterocycles. The van der Waals surface area contributed by atoms with Crippen LogP contribution in [0.4, 0.5) is 24.7 Å². The number of hydrogen-bond donors (Lipinski definition) is 3. The number of halogens is 3. The number of benzene rings is 1. The van der Waals surface area contributed by atoms with Gasteiger partial charge in [-0.05, 0) is 42.7 Å². The van der Waals surface area contributed by atoms with Gasteiger partial charge in [-0.3, -0.25) is 4.98 Å². The maximum atomic E-state index is 12.9. The Labute approximate surface area is 165 Å². The minimum atomic E-state index is -4.53. The Balaban J connectivity index is 1.70. The summed E-state index contributed by atoms with van der Waals surface area (Å²) in [5.74, 6) is 0.0454. The van der Waals surface area contributed by atoms with Crippen molar-refractivity contribution in [3.63, 3.8) is 0 Å². The Kier molecular flexibility index (Phi) is 4.79. The Bertz CT molecular complexity index is 1080. The summed E-state index contributed by atoms with van der Waals surface area (Å²) >= 11 is 0. The second-order valence-corrected chi connectivity index (χ2v) is 6.86. The number of aromatic nitrogens is 2. The fraction of sp³-hybridized carbons (Fsp3) is 0.190. The Hall–Kier alpha value is -3.26. The summed E-state index contributed by atoms with van der Waals surface area (Å²) in [6.07, 6.45) is -1.63. The molecule has 2 aromatic heterocycles. The van der Waals surface area contributed by atoms with Crippen LogP contribution in [0.3, 0.4) is 0 Å². The molecule has 148 valence electrons. The van der Waals surface area contributed by atoms with E-state index in [-0.39, 0.29) is 11.9 Å². The van der Waals surface area contributed by atoms with E-state index in [9.17, 15) is 13.2 Å². The Morgan fingerprint density at radius 1 is 1.10 bits per heavy atom. The van der Waals surface area contributed by atoms with Crippen LogP contribution in [0, 0.1) is 5.41 Å². The summed E-state index contributed by atoms with van der Waals surface area (Å²) in [7, 11) is 0. The van der Waals surface area contributed by atoms with Gasteiger partial charge in [-0.25, -0.2) is 4.98 Å². The Morgan fingerprint density at radius 2 is 1.93 bits per heavy atom. The first-order valence-corrected chi connectivity index (χ1v) is 9.07. The van der Waals surface area contributed by atoms with Crippen molar-refractivity contribution >= 4 is 17.7 Å². The van der Waals surface area contributed by atoms with Crippen molar-refractivity contribution in [2.75, 3.05) is 5.32 Å². The van der Waals surface area contributed by atoms with Crippen molar-refractivity contribution in [2.45, 2.75) is 25.1 Å². The SMILES string of the molecule is N=Cc1ccc(-c2ccc3c(n2)C(N)CC3)cc1Nc1cccc(C(F)(F)F)n1. The van der Waals surface area contributed by atoms with Crippen molar-refractivity contribution in [1.29, 1.82) is 5.41 Å². The average Bonchev–Trinajstić information content (AvgIpc) is 3.08. The third-order valence-corrected chi connectivity index (χ3v) is 4.90. The molecule has 0 aliphatic heterocycles. The fourth-order valence-corrected chi connectivity index (χ4v) is 3.39. The number of nitrogens with two attached hydrogens (primary N) is 1. The maximum absolute atomic E-state index is 12.9. The molecule has 0 saturated carbocycles. The zero-order valence-electron chi connectivity index (χ0n) is 15.3. The summed E-state index contributed by atoms with van der Waals surface area (Å²) < 4.78 is 38.8. The van der Waals surface area contributed by atoms with E-state index in [0.717, 1.165) is 47.6 Å². The lowest BCUT2D eigenvalue weighted by molar-refractivity contribution is -0.141. The molecule has 0 fully saturated rings. The molecule has 1 aromatic carbocycles. The first kappa shape index (κ1) is 19.1. The lowest BCUT2D eigenvalue weighted by Gasteiger charge is -2.13. The third kappa shape index (κ3) is 3.84. The number of nitrogens with one attached hydrogen (secondary N) is 2. The number of alkyl halides is 3. The van der Waals surface area contributed by atoms with Gasteiger partial charge in [-0.15, -0.1) is 0 Å². The molecule has 3 aromatic rings. The van der Waals surface area contributed by atoms with Crippen LogP contribution < -0.4 is 11.1 Å². The molecule has 0 spiro atoms. The number of anilines is 2. The zero-order valence-corrected chi connectivity index (χ0v) is 15.3. The van der Waals surface area contributed by atoms with Gasteiger partial charge < -0.3 is 16.5 Å². The standard InChI is InChI=1S/C21H18F3N5/c22-21(23,24)18-2-1-3-19(29-18)27-17-10-13(4-5-14(17)11-25)16-9-7-12-6-8-15(26)20(12)28-16/h1-5,7,9-11,15,25H,6,8,26H2,(H,27,29). The van der Waals surface area contributed by atoms with Crippen LogP contribution in [0.1, 0.15) is 35.0 Å². The molecule has 0 amide bonds. The Morgan fingerprint density at radius 3 is 2.69 bits per heavy atom. The second kappa shape index (κ2) is 7.29. The van der Waals surface area contributed by atoms with E-state index in [1.54, 1.807) is 12.1 Å². The predicted octanol–water partition coefficient (Wildman–Crippen LogP) is 4.85.